The van der Waals surface area contributed by atoms with E-state index in [1.807, 2.05) is 30.3 Å². The Morgan fingerprint density at radius 1 is 1.04 bits per heavy atom. The van der Waals surface area contributed by atoms with Gasteiger partial charge in [-0.05, 0) is 56.1 Å². The summed E-state index contributed by atoms with van der Waals surface area (Å²) in [5, 5.41) is 0. The van der Waals surface area contributed by atoms with Gasteiger partial charge in [0.2, 0.25) is 0 Å². The first-order chi connectivity index (χ1) is 13.2. The molecule has 0 bridgehead atoms. The number of ether oxygens (including phenoxy) is 3. The Morgan fingerprint density at radius 3 is 2.37 bits per heavy atom. The number of carbonyl (C=O) groups is 1. The van der Waals surface area contributed by atoms with Gasteiger partial charge in [-0.3, -0.25) is 0 Å². The van der Waals surface area contributed by atoms with E-state index in [9.17, 15) is 4.79 Å². The number of hydrogen-bond acceptors (Lipinski definition) is 4. The minimum absolute atomic E-state index is 0.220. The van der Waals surface area contributed by atoms with E-state index in [4.69, 9.17) is 14.2 Å². The molecular formula is C22H31NO4. The van der Waals surface area contributed by atoms with Crippen molar-refractivity contribution in [2.75, 3.05) is 20.2 Å². The molecule has 5 heteroatoms. The topological polar surface area (TPSA) is 48.0 Å². The van der Waals surface area contributed by atoms with E-state index >= 15 is 0 Å². The lowest BCUT2D eigenvalue weighted by Crippen LogP contribution is -2.42. The molecule has 0 spiro atoms. The largest absolute Gasteiger partial charge is 0.505 e. The SMILES string of the molecule is CO/C=C/C1CCC(OC2CCN(C(=O)OCc3ccccc3)CC2)CC1. The Morgan fingerprint density at radius 2 is 1.70 bits per heavy atom. The zero-order valence-electron chi connectivity index (χ0n) is 16.2. The van der Waals surface area contributed by atoms with Gasteiger partial charge in [0.05, 0.1) is 25.6 Å². The summed E-state index contributed by atoms with van der Waals surface area (Å²) < 4.78 is 16.7. The molecule has 1 saturated heterocycles. The molecule has 0 radical (unpaired) electrons. The van der Waals surface area contributed by atoms with Crippen molar-refractivity contribution in [3.63, 3.8) is 0 Å². The molecule has 1 aromatic carbocycles. The molecule has 1 amide bonds. The quantitative estimate of drug-likeness (QED) is 0.688. The molecule has 27 heavy (non-hydrogen) atoms. The number of piperidine rings is 1. The van der Waals surface area contributed by atoms with Crippen molar-refractivity contribution in [1.82, 2.24) is 4.90 Å². The molecule has 1 aliphatic carbocycles. The highest BCUT2D eigenvalue weighted by atomic mass is 16.6. The van der Waals surface area contributed by atoms with Gasteiger partial charge in [-0.1, -0.05) is 30.3 Å². The normalized spacial score (nSPS) is 24.1. The number of allylic oxidation sites excluding steroid dienone is 1. The maximum absolute atomic E-state index is 12.2. The standard InChI is InChI=1S/C22H31NO4/c1-25-16-13-18-7-9-20(10-8-18)27-21-11-14-23(15-12-21)22(24)26-17-19-5-3-2-4-6-19/h2-6,13,16,18,20-21H,7-12,14-15,17H2,1H3/b16-13+. The molecule has 2 aliphatic rings. The van der Waals surface area contributed by atoms with E-state index < -0.39 is 0 Å². The van der Waals surface area contributed by atoms with Gasteiger partial charge < -0.3 is 19.1 Å². The second kappa shape index (κ2) is 10.4. The highest BCUT2D eigenvalue weighted by Gasteiger charge is 2.28. The van der Waals surface area contributed by atoms with Gasteiger partial charge in [-0.2, -0.15) is 0 Å². The molecule has 0 aromatic heterocycles. The Kier molecular flexibility index (Phi) is 7.57. The van der Waals surface area contributed by atoms with Gasteiger partial charge in [0.15, 0.2) is 0 Å². The van der Waals surface area contributed by atoms with Gasteiger partial charge in [-0.15, -0.1) is 0 Å². The van der Waals surface area contributed by atoms with Crippen LogP contribution in [0.2, 0.25) is 0 Å². The van der Waals surface area contributed by atoms with Crippen LogP contribution in [0.4, 0.5) is 4.79 Å². The van der Waals surface area contributed by atoms with Crippen molar-refractivity contribution < 1.29 is 19.0 Å². The summed E-state index contributed by atoms with van der Waals surface area (Å²) in [6.07, 6.45) is 10.7. The summed E-state index contributed by atoms with van der Waals surface area (Å²) in [4.78, 5) is 14.0. The van der Waals surface area contributed by atoms with Crippen molar-refractivity contribution in [2.24, 2.45) is 5.92 Å². The fraction of sp³-hybridized carbons (Fsp3) is 0.591. The highest BCUT2D eigenvalue weighted by molar-refractivity contribution is 5.67. The van der Waals surface area contributed by atoms with Crippen molar-refractivity contribution in [3.05, 3.63) is 48.2 Å². The first-order valence-electron chi connectivity index (χ1n) is 10.0. The third-order valence-corrected chi connectivity index (χ3v) is 5.50. The zero-order valence-corrected chi connectivity index (χ0v) is 16.2. The van der Waals surface area contributed by atoms with Crippen LogP contribution in [0, 0.1) is 5.92 Å². The molecule has 0 N–H and O–H groups in total. The van der Waals surface area contributed by atoms with Crippen LogP contribution in [-0.2, 0) is 20.8 Å². The van der Waals surface area contributed by atoms with E-state index in [0.717, 1.165) is 44.1 Å². The minimum Gasteiger partial charge on any atom is -0.505 e. The van der Waals surface area contributed by atoms with Crippen LogP contribution in [0.25, 0.3) is 0 Å². The number of hydrogen-bond donors (Lipinski definition) is 0. The number of rotatable bonds is 6. The van der Waals surface area contributed by atoms with Gasteiger partial charge in [-0.25, -0.2) is 4.79 Å². The zero-order chi connectivity index (χ0) is 18.9. The molecule has 0 atom stereocenters. The van der Waals surface area contributed by atoms with Crippen LogP contribution in [0.5, 0.6) is 0 Å². The van der Waals surface area contributed by atoms with E-state index in [1.54, 1.807) is 18.3 Å². The molecule has 1 heterocycles. The average Bonchev–Trinajstić information content (AvgIpc) is 2.73. The first kappa shape index (κ1) is 19.7. The third kappa shape index (κ3) is 6.28. The fourth-order valence-electron chi connectivity index (χ4n) is 3.86. The Balaban J connectivity index is 1.33. The second-order valence-electron chi connectivity index (χ2n) is 7.46. The molecule has 3 rings (SSSR count). The van der Waals surface area contributed by atoms with Gasteiger partial charge in [0, 0.05) is 13.1 Å². The maximum atomic E-state index is 12.2. The Labute approximate surface area is 162 Å². The molecule has 1 aromatic rings. The number of likely N-dealkylation sites (tertiary alicyclic amines) is 1. The van der Waals surface area contributed by atoms with Crippen molar-refractivity contribution in [3.8, 4) is 0 Å². The van der Waals surface area contributed by atoms with E-state index in [0.29, 0.717) is 31.7 Å². The van der Waals surface area contributed by atoms with Crippen molar-refractivity contribution in [1.29, 1.82) is 0 Å². The lowest BCUT2D eigenvalue weighted by molar-refractivity contribution is -0.0577. The summed E-state index contributed by atoms with van der Waals surface area (Å²) in [7, 11) is 1.69. The molecular weight excluding hydrogens is 342 g/mol. The maximum Gasteiger partial charge on any atom is 0.410 e. The van der Waals surface area contributed by atoms with Crippen molar-refractivity contribution >= 4 is 6.09 Å². The second-order valence-corrected chi connectivity index (χ2v) is 7.46. The van der Waals surface area contributed by atoms with Crippen molar-refractivity contribution in [2.45, 2.75) is 57.3 Å². The summed E-state index contributed by atoms with van der Waals surface area (Å²) in [5.41, 5.74) is 1.01. The van der Waals surface area contributed by atoms with Gasteiger partial charge in [0.25, 0.3) is 0 Å². The number of benzene rings is 1. The Bertz CT molecular complexity index is 588. The van der Waals surface area contributed by atoms with E-state index in [2.05, 4.69) is 6.08 Å². The number of carbonyl (C=O) groups excluding carboxylic acids is 1. The third-order valence-electron chi connectivity index (χ3n) is 5.50. The van der Waals surface area contributed by atoms with Crippen LogP contribution in [0.3, 0.4) is 0 Å². The fourth-order valence-corrected chi connectivity index (χ4v) is 3.86. The average molecular weight is 373 g/mol. The first-order valence-corrected chi connectivity index (χ1v) is 10.0. The number of nitrogens with zero attached hydrogens (tertiary/aromatic N) is 1. The Hall–Kier alpha value is -2.01. The van der Waals surface area contributed by atoms with Gasteiger partial charge in [0.1, 0.15) is 6.61 Å². The predicted molar refractivity (Wildman–Crippen MR) is 104 cm³/mol. The molecule has 148 valence electrons. The summed E-state index contributed by atoms with van der Waals surface area (Å²) in [5.74, 6) is 0.617. The lowest BCUT2D eigenvalue weighted by atomic mass is 9.87. The molecule has 5 nitrogen and oxygen atoms in total. The lowest BCUT2D eigenvalue weighted by Gasteiger charge is -2.35. The monoisotopic (exact) mass is 373 g/mol. The molecule has 2 fully saturated rings. The molecule has 1 saturated carbocycles. The minimum atomic E-state index is -0.220. The smallest absolute Gasteiger partial charge is 0.410 e. The van der Waals surface area contributed by atoms with E-state index in [1.165, 1.54) is 0 Å². The van der Waals surface area contributed by atoms with E-state index in [-0.39, 0.29) is 12.2 Å². The van der Waals surface area contributed by atoms with Gasteiger partial charge >= 0.3 is 6.09 Å². The molecule has 0 unspecified atom stereocenters. The summed E-state index contributed by atoms with van der Waals surface area (Å²) >= 11 is 0. The van der Waals surface area contributed by atoms with Crippen LogP contribution >= 0.6 is 0 Å². The predicted octanol–water partition coefficient (Wildman–Crippen LogP) is 4.52. The van der Waals surface area contributed by atoms with Crippen LogP contribution in [-0.4, -0.2) is 43.4 Å². The van der Waals surface area contributed by atoms with Crippen LogP contribution in [0.15, 0.2) is 42.7 Å². The molecule has 1 aliphatic heterocycles. The number of methoxy groups -OCH3 is 1. The summed E-state index contributed by atoms with van der Waals surface area (Å²) in [6.45, 7) is 1.76. The highest BCUT2D eigenvalue weighted by Crippen LogP contribution is 2.29. The number of amides is 1. The van der Waals surface area contributed by atoms with Crippen LogP contribution in [0.1, 0.15) is 44.1 Å². The summed E-state index contributed by atoms with van der Waals surface area (Å²) in [6, 6.07) is 9.79. The van der Waals surface area contributed by atoms with Crippen LogP contribution < -0.4 is 0 Å².